The van der Waals surface area contributed by atoms with E-state index in [0.29, 0.717) is 6.42 Å². The first-order chi connectivity index (χ1) is 34.8. The van der Waals surface area contributed by atoms with Crippen molar-refractivity contribution in [3.8, 4) is 5.75 Å². The zero-order valence-corrected chi connectivity index (χ0v) is 42.7. The molecule has 1 aromatic carbocycles. The molecular weight excluding hydrogens is 995 g/mol. The number of aromatic amines is 1. The van der Waals surface area contributed by atoms with E-state index in [9.17, 15) is 67.8 Å². The third-order valence-corrected chi connectivity index (χ3v) is 14.0. The molecule has 10 amide bonds. The largest absolute Gasteiger partial charge is 0.610 e. The highest BCUT2D eigenvalue weighted by atomic mass is 32.2. The Labute approximate surface area is 428 Å². The minimum atomic E-state index is -2.42. The highest BCUT2D eigenvalue weighted by molar-refractivity contribution is 7.91. The summed E-state index contributed by atoms with van der Waals surface area (Å²) < 4.78 is 26.0. The van der Waals surface area contributed by atoms with Crippen LogP contribution in [0.15, 0.2) is 23.2 Å². The Morgan fingerprint density at radius 3 is 2.23 bits per heavy atom. The number of H-pyrrole nitrogens is 1. The number of carbonyl (C=O) groups is 10. The fraction of sp³-hybridized carbons (Fsp3) is 0.609. The summed E-state index contributed by atoms with van der Waals surface area (Å²) >= 11 is -2.42. The normalized spacial score (nSPS) is 26.3. The predicted molar refractivity (Wildman–Crippen MR) is 260 cm³/mol. The van der Waals surface area contributed by atoms with Crippen LogP contribution in [0.3, 0.4) is 0 Å². The van der Waals surface area contributed by atoms with Crippen LogP contribution in [0.5, 0.6) is 5.75 Å². The number of amides is 10. The quantitative estimate of drug-likeness (QED) is 0.0743. The molecule has 408 valence electrons. The van der Waals surface area contributed by atoms with Gasteiger partial charge in [-0.05, 0) is 38.8 Å². The molecule has 11 atom stereocenters. The number of nitrogens with one attached hydrogen (secondary N) is 9. The van der Waals surface area contributed by atoms with E-state index in [1.54, 1.807) is 34.6 Å². The summed E-state index contributed by atoms with van der Waals surface area (Å²) in [7, 11) is 0. The number of fused-ring (bicyclic) bond motifs is 5. The molecule has 27 nitrogen and oxygen atoms in total. The molecule has 0 saturated carbocycles. The molecule has 1 aromatic heterocycles. The number of carbonyl (C=O) groups excluding carboxylic acids is 10. The molecular formula is C46H67N11O16S. The van der Waals surface area contributed by atoms with Crippen LogP contribution in [-0.4, -0.2) is 188 Å². The van der Waals surface area contributed by atoms with Gasteiger partial charge in [0.2, 0.25) is 58.2 Å². The van der Waals surface area contributed by atoms with Crippen LogP contribution in [0, 0.1) is 11.8 Å². The highest BCUT2D eigenvalue weighted by Crippen LogP contribution is 2.32. The van der Waals surface area contributed by atoms with Crippen molar-refractivity contribution in [2.24, 2.45) is 17.6 Å². The van der Waals surface area contributed by atoms with E-state index in [0.717, 1.165) is 4.90 Å². The lowest BCUT2D eigenvalue weighted by atomic mass is 9.93. The first-order valence-corrected chi connectivity index (χ1v) is 25.4. The number of aromatic nitrogens is 1. The molecule has 0 radical (unpaired) electrons. The number of hydrogen-bond donors (Lipinski definition) is 13. The topological polar surface area (TPSA) is 414 Å². The van der Waals surface area contributed by atoms with Crippen LogP contribution < -0.4 is 53.0 Å². The summed E-state index contributed by atoms with van der Waals surface area (Å²) in [6, 6.07) is -5.57. The average molecular weight is 1060 g/mol. The number of alkyl carbamates (subject to hydrolysis) is 1. The predicted octanol–water partition coefficient (Wildman–Crippen LogP) is -4.72. The van der Waals surface area contributed by atoms with Gasteiger partial charge in [0.25, 0.3) is 0 Å². The van der Waals surface area contributed by atoms with Gasteiger partial charge in [0, 0.05) is 53.5 Å². The number of primary amides is 1. The Bertz CT molecular complexity index is 2450. The maximum Gasteiger partial charge on any atom is 0.407 e. The Hall–Kier alpha value is -6.75. The third-order valence-electron chi connectivity index (χ3n) is 12.6. The number of nitrogens with zero attached hydrogens (tertiary/aromatic N) is 1. The fourth-order valence-corrected chi connectivity index (χ4v) is 9.81. The van der Waals surface area contributed by atoms with Crippen molar-refractivity contribution < 1.29 is 77.3 Å². The molecule has 3 aliphatic heterocycles. The van der Waals surface area contributed by atoms with Crippen LogP contribution in [0.25, 0.3) is 10.9 Å². The van der Waals surface area contributed by atoms with Crippen molar-refractivity contribution in [1.82, 2.24) is 52.4 Å². The molecule has 5 rings (SSSR count). The highest BCUT2D eigenvalue weighted by Gasteiger charge is 2.45. The summed E-state index contributed by atoms with van der Waals surface area (Å²) in [6.45, 7) is 6.75. The van der Waals surface area contributed by atoms with Crippen molar-refractivity contribution in [2.75, 3.05) is 45.1 Å². The molecule has 1 fully saturated rings. The maximum absolute atomic E-state index is 14.9. The van der Waals surface area contributed by atoms with E-state index in [2.05, 4.69) is 47.5 Å². The number of hydrogen-bond acceptors (Lipinski definition) is 16. The standard InChI is InChI=1S/C46H67N11O16S/c1-7-21(2)36-41(67)50-16-34(62)51-30-20-74(71)43-26(25-9-8-24(13-27(25)54-43)72-11-10-48-45(70)73-46(4,5)6)14-28(38(64)49-17-35(63)55-36)52-42(68)37(22(3)32(60)19-58)56-40(66)31-12-23(59)18-57(31)44(69)29(15-33(47)61)53-39(30)65/h8-9,13,21-23,28-32,36-37,54,58-60H,7,10-12,14-20H2,1-6H3,(H2,47,61)(H,48,70)(H,49,64)(H,50,67)(H,51,62)(H,52,68)(H,53,65)(H,55,63)(H,56,66)/t21-,22-,23?,28?,29-,30?,31-,32-,36-,37-,74+/m0/s1. The lowest BCUT2D eigenvalue weighted by Crippen LogP contribution is -2.62. The first kappa shape index (κ1) is 58.1. The van der Waals surface area contributed by atoms with E-state index >= 15 is 0 Å². The lowest BCUT2D eigenvalue weighted by molar-refractivity contribution is -0.144. The first-order valence-electron chi connectivity index (χ1n) is 24.0. The Morgan fingerprint density at radius 1 is 0.905 bits per heavy atom. The van der Waals surface area contributed by atoms with Crippen LogP contribution in [0.2, 0.25) is 0 Å². The maximum atomic E-state index is 14.9. The minimum Gasteiger partial charge on any atom is -0.610 e. The average Bonchev–Trinajstić information content (AvgIpc) is 3.91. The van der Waals surface area contributed by atoms with Crippen molar-refractivity contribution in [3.05, 3.63) is 23.8 Å². The van der Waals surface area contributed by atoms with Gasteiger partial charge in [0.05, 0.1) is 50.4 Å². The molecule has 2 aromatic rings. The minimum absolute atomic E-state index is 0.0196. The molecule has 0 spiro atoms. The van der Waals surface area contributed by atoms with Gasteiger partial charge < -0.3 is 87.5 Å². The van der Waals surface area contributed by atoms with Gasteiger partial charge >= 0.3 is 6.09 Å². The van der Waals surface area contributed by atoms with Crippen molar-refractivity contribution >= 4 is 81.3 Å². The molecule has 74 heavy (non-hydrogen) atoms. The number of aliphatic hydroxyl groups is 3. The zero-order valence-electron chi connectivity index (χ0n) is 41.9. The van der Waals surface area contributed by atoms with Gasteiger partial charge in [0.1, 0.15) is 53.9 Å². The third kappa shape index (κ3) is 15.4. The molecule has 3 unspecified atom stereocenters. The van der Waals surface area contributed by atoms with Crippen LogP contribution >= 0.6 is 0 Å². The van der Waals surface area contributed by atoms with Crippen molar-refractivity contribution in [3.63, 3.8) is 0 Å². The number of aliphatic hydroxyl groups excluding tert-OH is 3. The second kappa shape index (κ2) is 25.5. The smallest absolute Gasteiger partial charge is 0.407 e. The van der Waals surface area contributed by atoms with Crippen LogP contribution in [0.4, 0.5) is 4.79 Å². The van der Waals surface area contributed by atoms with Crippen molar-refractivity contribution in [1.29, 1.82) is 0 Å². The van der Waals surface area contributed by atoms with Gasteiger partial charge in [-0.15, -0.1) is 0 Å². The van der Waals surface area contributed by atoms with E-state index in [4.69, 9.17) is 15.2 Å². The molecule has 1 saturated heterocycles. The molecule has 0 aliphatic carbocycles. The number of rotatable bonds is 11. The Kier molecular flexibility index (Phi) is 20.0. The second-order valence-electron chi connectivity index (χ2n) is 19.4. The lowest BCUT2D eigenvalue weighted by Gasteiger charge is -2.32. The van der Waals surface area contributed by atoms with Crippen LogP contribution in [-0.2, 0) is 65.5 Å². The monoisotopic (exact) mass is 1060 g/mol. The van der Waals surface area contributed by atoms with Gasteiger partial charge in [-0.1, -0.05) is 27.2 Å². The van der Waals surface area contributed by atoms with Gasteiger partial charge in [0.15, 0.2) is 6.04 Å². The van der Waals surface area contributed by atoms with Gasteiger partial charge in [-0.2, -0.15) is 0 Å². The van der Waals surface area contributed by atoms with E-state index in [1.807, 2.05) is 0 Å². The Balaban J connectivity index is 1.70. The van der Waals surface area contributed by atoms with Gasteiger partial charge in [-0.25, -0.2) is 4.79 Å². The zero-order chi connectivity index (χ0) is 54.8. The summed E-state index contributed by atoms with van der Waals surface area (Å²) in [5.41, 5.74) is 5.09. The van der Waals surface area contributed by atoms with E-state index in [-0.39, 0.29) is 40.4 Å². The van der Waals surface area contributed by atoms with Crippen LogP contribution in [0.1, 0.15) is 66.4 Å². The second-order valence-corrected chi connectivity index (χ2v) is 20.8. The molecule has 3 aliphatic rings. The Morgan fingerprint density at radius 2 is 1.58 bits per heavy atom. The molecule has 4 heterocycles. The fourth-order valence-electron chi connectivity index (χ4n) is 8.42. The number of ether oxygens (including phenoxy) is 2. The summed E-state index contributed by atoms with van der Waals surface area (Å²) in [5, 5.41) is 51.5. The van der Waals surface area contributed by atoms with E-state index in [1.165, 1.54) is 25.1 Å². The van der Waals surface area contributed by atoms with E-state index < -0.39 is 188 Å². The summed E-state index contributed by atoms with van der Waals surface area (Å²) in [6.07, 6.45) is -5.21. The molecule has 2 bridgehead atoms. The number of benzene rings is 1. The summed E-state index contributed by atoms with van der Waals surface area (Å²) in [5.74, 6) is -11.7. The molecule has 28 heteroatoms. The number of nitrogens with two attached hydrogens (primary N) is 1. The summed E-state index contributed by atoms with van der Waals surface area (Å²) in [4.78, 5) is 141. The SMILES string of the molecule is CC[C@H](C)[C@@H]1NC(=O)CNC(=O)C2Cc3c([nH]c4cc(OCCNC(=O)OC(C)(C)C)ccc34)[S@+]([O-])CC(NC(=O)CNC1=O)C(=O)N[C@@H](CC(N)=O)C(=O)N1CC(O)C[C@H]1C(=O)N[C@@H]([C@@H](C)[C@@H](O)CO)C(=O)N2. The van der Waals surface area contributed by atoms with Crippen molar-refractivity contribution in [2.45, 2.75) is 126 Å². The van der Waals surface area contributed by atoms with Gasteiger partial charge in [-0.3, -0.25) is 43.2 Å². The molecule has 14 N–H and O–H groups in total.